The molecule has 0 saturated heterocycles. The topological polar surface area (TPSA) is 92.0 Å². The van der Waals surface area contributed by atoms with Gasteiger partial charge in [-0.1, -0.05) is 23.2 Å². The number of hydrogen-bond donors (Lipinski definition) is 2. The van der Waals surface area contributed by atoms with E-state index in [0.717, 1.165) is 36.8 Å². The molecule has 3 aromatic rings. The fourth-order valence-electron chi connectivity index (χ4n) is 5.21. The van der Waals surface area contributed by atoms with E-state index in [1.807, 2.05) is 10.9 Å². The van der Waals surface area contributed by atoms with E-state index in [1.165, 1.54) is 12.1 Å². The van der Waals surface area contributed by atoms with Crippen molar-refractivity contribution in [3.05, 3.63) is 58.2 Å². The van der Waals surface area contributed by atoms with Crippen molar-refractivity contribution < 1.29 is 10.5 Å². The Hall–Kier alpha value is -2.35. The highest BCUT2D eigenvalue weighted by molar-refractivity contribution is 6.36. The zero-order chi connectivity index (χ0) is 24.2. The van der Waals surface area contributed by atoms with E-state index in [9.17, 15) is 4.39 Å². The van der Waals surface area contributed by atoms with Crippen molar-refractivity contribution in [2.75, 3.05) is 5.73 Å². The second-order valence-corrected chi connectivity index (χ2v) is 9.83. The summed E-state index contributed by atoms with van der Waals surface area (Å²) in [5, 5.41) is 4.82. The summed E-state index contributed by atoms with van der Waals surface area (Å²) in [6.45, 7) is 1.72. The van der Waals surface area contributed by atoms with Crippen molar-refractivity contribution in [3.8, 4) is 16.9 Å². The molecule has 0 spiro atoms. The second kappa shape index (κ2) is 8.78. The van der Waals surface area contributed by atoms with Gasteiger partial charge in [0, 0.05) is 41.5 Å². The van der Waals surface area contributed by atoms with E-state index in [-0.39, 0.29) is 10.8 Å². The largest absolute Gasteiger partial charge is 0.482 e. The Balaban J connectivity index is 1.34. The Kier molecular flexibility index (Phi) is 5.64. The molecule has 174 valence electrons. The highest BCUT2D eigenvalue weighted by atomic mass is 35.5. The molecular weight excluding hydrogens is 464 g/mol. The van der Waals surface area contributed by atoms with Crippen LogP contribution in [0.15, 0.2) is 36.8 Å². The molecule has 2 aliphatic carbocycles. The predicted molar refractivity (Wildman–Crippen MR) is 128 cm³/mol. The number of nitrogens with zero attached hydrogens (tertiary/aromatic N) is 3. The number of nitrogens with two attached hydrogens (primary N) is 2. The van der Waals surface area contributed by atoms with Crippen molar-refractivity contribution in [3.63, 3.8) is 0 Å². The van der Waals surface area contributed by atoms with Gasteiger partial charge in [-0.15, -0.1) is 0 Å². The minimum absolute atomic E-state index is 0.0809. The van der Waals surface area contributed by atoms with Gasteiger partial charge in [-0.05, 0) is 62.6 Å². The standard InChI is InChI=1S/C24H26Cl2FN5O/c1-12(22-19(25)2-3-20(27)23(22)26)33-21-8-15(9-30-24(21)29)16-10-31-32(11-16)18-6-13-4-17(28)5-14(13)7-18/h2-3,8-14,17-18H,4-7,28H2,1H3,(H2,29,30)/t12-,13?,14?,17?,18?/m1/s1/i17D. The first kappa shape index (κ1) is 21.2. The number of anilines is 1. The van der Waals surface area contributed by atoms with Gasteiger partial charge in [-0.2, -0.15) is 5.10 Å². The van der Waals surface area contributed by atoms with Crippen LogP contribution in [0.1, 0.15) is 51.7 Å². The van der Waals surface area contributed by atoms with Gasteiger partial charge in [-0.25, -0.2) is 9.37 Å². The number of halogens is 3. The van der Waals surface area contributed by atoms with Gasteiger partial charge in [0.2, 0.25) is 0 Å². The molecule has 0 radical (unpaired) electrons. The third-order valence-corrected chi connectivity index (χ3v) is 7.56. The van der Waals surface area contributed by atoms with Gasteiger partial charge in [0.05, 0.1) is 17.3 Å². The maximum Gasteiger partial charge on any atom is 0.166 e. The van der Waals surface area contributed by atoms with Crippen molar-refractivity contribution in [2.24, 2.45) is 17.6 Å². The molecule has 2 unspecified atom stereocenters. The summed E-state index contributed by atoms with van der Waals surface area (Å²) in [5.41, 5.74) is 14.1. The Bertz CT molecular complexity index is 1220. The van der Waals surface area contributed by atoms with Crippen molar-refractivity contribution >= 4 is 29.0 Å². The number of hydrogen-bond acceptors (Lipinski definition) is 5. The summed E-state index contributed by atoms with van der Waals surface area (Å²) in [6.07, 6.45) is 8.31. The van der Waals surface area contributed by atoms with Gasteiger partial charge in [0.15, 0.2) is 11.6 Å². The maximum atomic E-state index is 14.0. The van der Waals surface area contributed by atoms with Gasteiger partial charge < -0.3 is 16.2 Å². The first-order valence-electron chi connectivity index (χ1n) is 11.5. The molecule has 3 atom stereocenters. The van der Waals surface area contributed by atoms with E-state index in [4.69, 9.17) is 40.8 Å². The average Bonchev–Trinajstić information content (AvgIpc) is 3.45. The Morgan fingerprint density at radius 2 is 1.91 bits per heavy atom. The lowest BCUT2D eigenvalue weighted by Gasteiger charge is -2.19. The van der Waals surface area contributed by atoms with Crippen molar-refractivity contribution in [1.29, 1.82) is 0 Å². The summed E-state index contributed by atoms with van der Waals surface area (Å²) in [6, 6.07) is 3.96. The third-order valence-electron chi connectivity index (χ3n) is 6.85. The highest BCUT2D eigenvalue weighted by Gasteiger charge is 2.41. The molecule has 0 bridgehead atoms. The summed E-state index contributed by atoms with van der Waals surface area (Å²) >= 11 is 12.4. The number of fused-ring (bicyclic) bond motifs is 1. The molecule has 33 heavy (non-hydrogen) atoms. The SMILES string of the molecule is [2H]C1(N)CC2CC(n3cc(-c4cnc(N)c(O[C@H](C)c5c(Cl)ccc(F)c5Cl)c4)cn3)CC2C1. The highest BCUT2D eigenvalue weighted by Crippen LogP contribution is 2.48. The number of aromatic nitrogens is 3. The van der Waals surface area contributed by atoms with Gasteiger partial charge in [-0.3, -0.25) is 4.68 Å². The van der Waals surface area contributed by atoms with Gasteiger partial charge in [0.25, 0.3) is 0 Å². The Labute approximate surface area is 203 Å². The van der Waals surface area contributed by atoms with Crippen LogP contribution in [0.4, 0.5) is 10.2 Å². The first-order chi connectivity index (χ1) is 16.1. The summed E-state index contributed by atoms with van der Waals surface area (Å²) in [4.78, 5) is 4.27. The van der Waals surface area contributed by atoms with Crippen LogP contribution < -0.4 is 16.2 Å². The Morgan fingerprint density at radius 1 is 1.18 bits per heavy atom. The van der Waals surface area contributed by atoms with E-state index in [1.54, 1.807) is 25.4 Å². The quantitative estimate of drug-likeness (QED) is 0.440. The molecule has 4 N–H and O–H groups in total. The molecule has 2 heterocycles. The van der Waals surface area contributed by atoms with Crippen LogP contribution in [0.2, 0.25) is 10.0 Å². The third kappa shape index (κ3) is 4.29. The second-order valence-electron chi connectivity index (χ2n) is 9.05. The normalized spacial score (nSPS) is 27.9. The zero-order valence-corrected chi connectivity index (χ0v) is 19.7. The van der Waals surface area contributed by atoms with Crippen LogP contribution in [-0.2, 0) is 0 Å². The van der Waals surface area contributed by atoms with Crippen LogP contribution in [0.5, 0.6) is 5.75 Å². The van der Waals surface area contributed by atoms with Crippen LogP contribution in [-0.4, -0.2) is 20.8 Å². The zero-order valence-electron chi connectivity index (χ0n) is 19.1. The molecule has 0 aliphatic heterocycles. The molecule has 2 aliphatic rings. The lowest BCUT2D eigenvalue weighted by atomic mass is 10.0. The molecule has 2 saturated carbocycles. The lowest BCUT2D eigenvalue weighted by molar-refractivity contribution is 0.227. The average molecular weight is 491 g/mol. The van der Waals surface area contributed by atoms with Crippen molar-refractivity contribution in [2.45, 2.75) is 50.8 Å². The monoisotopic (exact) mass is 490 g/mol. The molecular formula is C24H26Cl2FN5O. The van der Waals surface area contributed by atoms with Gasteiger partial charge in [0.1, 0.15) is 11.9 Å². The molecule has 9 heteroatoms. The summed E-state index contributed by atoms with van der Waals surface area (Å²) in [5.74, 6) is 0.956. The van der Waals surface area contributed by atoms with E-state index < -0.39 is 17.9 Å². The minimum Gasteiger partial charge on any atom is -0.482 e. The fraction of sp³-hybridized carbons (Fsp3) is 0.417. The number of benzene rings is 1. The number of nitrogen functional groups attached to an aromatic ring is 1. The van der Waals surface area contributed by atoms with Gasteiger partial charge >= 0.3 is 0 Å². The number of rotatable bonds is 5. The minimum atomic E-state index is -0.779. The molecule has 0 amide bonds. The van der Waals surface area contributed by atoms with Crippen LogP contribution in [0.25, 0.3) is 11.1 Å². The van der Waals surface area contributed by atoms with E-state index in [2.05, 4.69) is 10.1 Å². The van der Waals surface area contributed by atoms with E-state index >= 15 is 0 Å². The molecule has 2 aromatic heterocycles. The molecule has 1 aromatic carbocycles. The first-order valence-corrected chi connectivity index (χ1v) is 11.8. The molecule has 5 rings (SSSR count). The summed E-state index contributed by atoms with van der Waals surface area (Å²) in [7, 11) is 0. The lowest BCUT2D eigenvalue weighted by Crippen LogP contribution is -2.17. The van der Waals surface area contributed by atoms with Crippen LogP contribution >= 0.6 is 23.2 Å². The maximum absolute atomic E-state index is 14.0. The smallest absolute Gasteiger partial charge is 0.166 e. The fourth-order valence-corrected chi connectivity index (χ4v) is 5.89. The molecule has 2 fully saturated rings. The van der Waals surface area contributed by atoms with Crippen LogP contribution in [0, 0.1) is 17.7 Å². The van der Waals surface area contributed by atoms with E-state index in [0.29, 0.717) is 34.2 Å². The number of ether oxygens (including phenoxy) is 1. The van der Waals surface area contributed by atoms with Crippen molar-refractivity contribution in [1.82, 2.24) is 14.8 Å². The Morgan fingerprint density at radius 3 is 2.64 bits per heavy atom. The number of pyridine rings is 1. The van der Waals surface area contributed by atoms with Crippen LogP contribution in [0.3, 0.4) is 0 Å². The summed E-state index contributed by atoms with van der Waals surface area (Å²) < 4.78 is 30.1. The molecule has 6 nitrogen and oxygen atoms in total. The predicted octanol–water partition coefficient (Wildman–Crippen LogP) is 5.80.